The van der Waals surface area contributed by atoms with E-state index in [1.54, 1.807) is 7.11 Å². The highest BCUT2D eigenvalue weighted by Gasteiger charge is 2.11. The minimum atomic E-state index is -0.0714. The molecule has 0 aliphatic carbocycles. The van der Waals surface area contributed by atoms with Crippen molar-refractivity contribution in [1.29, 1.82) is 0 Å². The predicted octanol–water partition coefficient (Wildman–Crippen LogP) is 4.95. The molecule has 0 radical (unpaired) electrons. The molecule has 5 heteroatoms. The van der Waals surface area contributed by atoms with Gasteiger partial charge >= 0.3 is 0 Å². The quantitative estimate of drug-likeness (QED) is 0.559. The molecule has 0 unspecified atom stereocenters. The highest BCUT2D eigenvalue weighted by atomic mass is 32.1. The topological polar surface area (TPSA) is 51.2 Å². The smallest absolute Gasteiger partial charge is 0.230 e. The van der Waals surface area contributed by atoms with Gasteiger partial charge < -0.3 is 10.1 Å². The lowest BCUT2D eigenvalue weighted by Gasteiger charge is -2.07. The van der Waals surface area contributed by atoms with Crippen molar-refractivity contribution in [3.63, 3.8) is 0 Å². The third kappa shape index (κ3) is 3.13. The Labute approximate surface area is 155 Å². The van der Waals surface area contributed by atoms with Crippen molar-refractivity contribution >= 4 is 43.4 Å². The van der Waals surface area contributed by atoms with Crippen molar-refractivity contribution in [2.75, 3.05) is 12.4 Å². The second-order valence-electron chi connectivity index (χ2n) is 6.18. The number of carbonyl (C=O) groups excluding carboxylic acids is 1. The van der Waals surface area contributed by atoms with E-state index < -0.39 is 0 Å². The number of nitrogens with one attached hydrogen (secondary N) is 1. The molecule has 130 valence electrons. The van der Waals surface area contributed by atoms with Gasteiger partial charge in [0.25, 0.3) is 0 Å². The molecule has 4 nitrogen and oxygen atoms in total. The van der Waals surface area contributed by atoms with E-state index in [2.05, 4.69) is 28.5 Å². The Bertz CT molecular complexity index is 1120. The highest BCUT2D eigenvalue weighted by Crippen LogP contribution is 2.32. The van der Waals surface area contributed by atoms with Crippen LogP contribution >= 0.6 is 11.3 Å². The SMILES string of the molecule is COc1ccc(CC(=O)Nc2nc3ccc4ccccc4c3s2)cc1C. The van der Waals surface area contributed by atoms with E-state index in [1.165, 1.54) is 16.7 Å². The van der Waals surface area contributed by atoms with Crippen LogP contribution in [0.15, 0.2) is 54.6 Å². The van der Waals surface area contributed by atoms with Crippen LogP contribution < -0.4 is 10.1 Å². The number of anilines is 1. The summed E-state index contributed by atoms with van der Waals surface area (Å²) in [4.78, 5) is 17.0. The molecule has 0 spiro atoms. The van der Waals surface area contributed by atoms with Crippen LogP contribution in [-0.2, 0) is 11.2 Å². The lowest BCUT2D eigenvalue weighted by Crippen LogP contribution is -2.14. The molecular formula is C21H18N2O2S. The van der Waals surface area contributed by atoms with Gasteiger partial charge in [-0.25, -0.2) is 4.98 Å². The van der Waals surface area contributed by atoms with Crippen LogP contribution in [0.2, 0.25) is 0 Å². The van der Waals surface area contributed by atoms with E-state index in [4.69, 9.17) is 4.74 Å². The van der Waals surface area contributed by atoms with Crippen LogP contribution in [0.5, 0.6) is 5.75 Å². The van der Waals surface area contributed by atoms with Crippen molar-refractivity contribution in [3.8, 4) is 5.75 Å². The zero-order valence-electron chi connectivity index (χ0n) is 14.6. The van der Waals surface area contributed by atoms with E-state index in [9.17, 15) is 4.79 Å². The Morgan fingerprint density at radius 3 is 2.81 bits per heavy atom. The number of benzene rings is 3. The van der Waals surface area contributed by atoms with Gasteiger partial charge in [0.2, 0.25) is 5.91 Å². The summed E-state index contributed by atoms with van der Waals surface area (Å²) in [6, 6.07) is 18.0. The average molecular weight is 362 g/mol. The summed E-state index contributed by atoms with van der Waals surface area (Å²) in [6.07, 6.45) is 0.307. The van der Waals surface area contributed by atoms with Crippen molar-refractivity contribution in [2.45, 2.75) is 13.3 Å². The Hall–Kier alpha value is -2.92. The molecule has 26 heavy (non-hydrogen) atoms. The molecular weight excluding hydrogens is 344 g/mol. The molecule has 4 rings (SSSR count). The fourth-order valence-electron chi connectivity index (χ4n) is 3.11. The molecule has 0 fully saturated rings. The maximum atomic E-state index is 12.4. The van der Waals surface area contributed by atoms with E-state index in [0.29, 0.717) is 11.6 Å². The van der Waals surface area contributed by atoms with Crippen LogP contribution in [-0.4, -0.2) is 18.0 Å². The first-order valence-corrected chi connectivity index (χ1v) is 9.17. The fraction of sp³-hybridized carbons (Fsp3) is 0.143. The summed E-state index contributed by atoms with van der Waals surface area (Å²) in [5, 5.41) is 5.90. The number of fused-ring (bicyclic) bond motifs is 3. The minimum absolute atomic E-state index is 0.0714. The lowest BCUT2D eigenvalue weighted by molar-refractivity contribution is -0.115. The molecule has 0 aliphatic rings. The molecule has 3 aromatic carbocycles. The summed E-state index contributed by atoms with van der Waals surface area (Å²) in [7, 11) is 1.64. The standard InChI is InChI=1S/C21H18N2O2S/c1-13-11-14(7-10-18(13)25-2)12-19(24)23-21-22-17-9-8-15-5-3-4-6-16(15)20(17)26-21/h3-11H,12H2,1-2H3,(H,22,23,24). The first kappa shape index (κ1) is 16.5. The molecule has 0 saturated heterocycles. The number of methoxy groups -OCH3 is 1. The fourth-order valence-corrected chi connectivity index (χ4v) is 4.12. The molecule has 1 amide bonds. The third-order valence-corrected chi connectivity index (χ3v) is 5.37. The second kappa shape index (κ2) is 6.77. The van der Waals surface area contributed by atoms with Crippen LogP contribution in [0.3, 0.4) is 0 Å². The summed E-state index contributed by atoms with van der Waals surface area (Å²) in [6.45, 7) is 1.97. The van der Waals surface area contributed by atoms with Crippen LogP contribution in [0, 0.1) is 6.92 Å². The van der Waals surface area contributed by atoms with Crippen LogP contribution in [0.1, 0.15) is 11.1 Å². The van der Waals surface area contributed by atoms with E-state index in [-0.39, 0.29) is 5.91 Å². The highest BCUT2D eigenvalue weighted by molar-refractivity contribution is 7.23. The van der Waals surface area contributed by atoms with Gasteiger partial charge in [-0.3, -0.25) is 4.79 Å². The Balaban J connectivity index is 1.56. The summed E-state index contributed by atoms with van der Waals surface area (Å²) in [5.74, 6) is 0.755. The number of aryl methyl sites for hydroxylation is 1. The summed E-state index contributed by atoms with van der Waals surface area (Å²) >= 11 is 1.51. The summed E-state index contributed by atoms with van der Waals surface area (Å²) in [5.41, 5.74) is 2.88. The van der Waals surface area contributed by atoms with Gasteiger partial charge in [-0.2, -0.15) is 0 Å². The number of nitrogens with zero attached hydrogens (tertiary/aromatic N) is 1. The van der Waals surface area contributed by atoms with Gasteiger partial charge in [0, 0.05) is 5.39 Å². The number of ether oxygens (including phenoxy) is 1. The number of thiazole rings is 1. The Morgan fingerprint density at radius 2 is 2.00 bits per heavy atom. The molecule has 0 atom stereocenters. The van der Waals surface area contributed by atoms with Crippen LogP contribution in [0.25, 0.3) is 21.0 Å². The second-order valence-corrected chi connectivity index (χ2v) is 7.18. The van der Waals surface area contributed by atoms with Gasteiger partial charge in [0.15, 0.2) is 5.13 Å². The predicted molar refractivity (Wildman–Crippen MR) is 107 cm³/mol. The van der Waals surface area contributed by atoms with Crippen molar-refractivity contribution in [2.24, 2.45) is 0 Å². The van der Waals surface area contributed by atoms with E-state index >= 15 is 0 Å². The zero-order chi connectivity index (χ0) is 18.1. The number of hydrogen-bond acceptors (Lipinski definition) is 4. The molecule has 1 N–H and O–H groups in total. The minimum Gasteiger partial charge on any atom is -0.496 e. The normalized spacial score (nSPS) is 11.0. The van der Waals surface area contributed by atoms with Gasteiger partial charge in [-0.05, 0) is 35.6 Å². The maximum absolute atomic E-state index is 12.4. The third-order valence-electron chi connectivity index (χ3n) is 4.35. The Kier molecular flexibility index (Phi) is 4.31. The van der Waals surface area contributed by atoms with E-state index in [1.807, 2.05) is 43.3 Å². The van der Waals surface area contributed by atoms with Crippen molar-refractivity contribution in [1.82, 2.24) is 4.98 Å². The summed E-state index contributed by atoms with van der Waals surface area (Å²) < 4.78 is 6.36. The maximum Gasteiger partial charge on any atom is 0.230 e. The van der Waals surface area contributed by atoms with E-state index in [0.717, 1.165) is 32.5 Å². The lowest BCUT2D eigenvalue weighted by atomic mass is 10.1. The number of carbonyl (C=O) groups is 1. The first-order chi connectivity index (χ1) is 12.6. The van der Waals surface area contributed by atoms with Gasteiger partial charge in [0.05, 0.1) is 23.7 Å². The largest absolute Gasteiger partial charge is 0.496 e. The van der Waals surface area contributed by atoms with Gasteiger partial charge in [0.1, 0.15) is 5.75 Å². The molecule has 0 aliphatic heterocycles. The molecule has 1 aromatic heterocycles. The number of amides is 1. The molecule has 1 heterocycles. The van der Waals surface area contributed by atoms with Crippen molar-refractivity contribution < 1.29 is 9.53 Å². The zero-order valence-corrected chi connectivity index (χ0v) is 15.4. The number of rotatable bonds is 4. The number of aromatic nitrogens is 1. The van der Waals surface area contributed by atoms with Crippen LogP contribution in [0.4, 0.5) is 5.13 Å². The monoisotopic (exact) mass is 362 g/mol. The molecule has 4 aromatic rings. The molecule has 0 saturated carbocycles. The first-order valence-electron chi connectivity index (χ1n) is 8.36. The number of hydrogen-bond donors (Lipinski definition) is 1. The van der Waals surface area contributed by atoms with Crippen molar-refractivity contribution in [3.05, 3.63) is 65.7 Å². The van der Waals surface area contributed by atoms with Gasteiger partial charge in [-0.15, -0.1) is 0 Å². The van der Waals surface area contributed by atoms with Gasteiger partial charge in [-0.1, -0.05) is 53.8 Å². The average Bonchev–Trinajstić information content (AvgIpc) is 3.04. The molecule has 0 bridgehead atoms. The Morgan fingerprint density at radius 1 is 1.15 bits per heavy atom.